The summed E-state index contributed by atoms with van der Waals surface area (Å²) in [6.45, 7) is 1.48. The maximum atomic E-state index is 12.2. The first-order valence-electron chi connectivity index (χ1n) is 8.48. The summed E-state index contributed by atoms with van der Waals surface area (Å²) in [4.78, 5) is 48.9. The zero-order chi connectivity index (χ0) is 19.4. The number of imide groups is 1. The molecule has 27 heavy (non-hydrogen) atoms. The van der Waals surface area contributed by atoms with Gasteiger partial charge in [-0.2, -0.15) is 0 Å². The minimum atomic E-state index is -0.987. The van der Waals surface area contributed by atoms with Crippen molar-refractivity contribution in [1.82, 2.24) is 0 Å². The second kappa shape index (κ2) is 7.82. The molecule has 1 fully saturated rings. The van der Waals surface area contributed by atoms with Gasteiger partial charge in [0.2, 0.25) is 11.8 Å². The third-order valence-electron chi connectivity index (χ3n) is 4.11. The molecule has 2 aromatic carbocycles. The second-order valence-corrected chi connectivity index (χ2v) is 6.07. The molecule has 1 saturated heterocycles. The molecule has 0 bridgehead atoms. The van der Waals surface area contributed by atoms with Crippen LogP contribution in [0.25, 0.3) is 0 Å². The minimum absolute atomic E-state index is 0.191. The lowest BCUT2D eigenvalue weighted by molar-refractivity contribution is -0.124. The van der Waals surface area contributed by atoms with Gasteiger partial charge in [-0.15, -0.1) is 0 Å². The van der Waals surface area contributed by atoms with Gasteiger partial charge in [-0.25, -0.2) is 4.79 Å². The van der Waals surface area contributed by atoms with E-state index in [0.717, 1.165) is 4.90 Å². The van der Waals surface area contributed by atoms with Crippen molar-refractivity contribution < 1.29 is 23.9 Å². The number of carbonyl (C=O) groups excluding carboxylic acids is 4. The normalized spacial score (nSPS) is 14.8. The molecule has 1 atom stereocenters. The van der Waals surface area contributed by atoms with Gasteiger partial charge in [0.05, 0.1) is 11.3 Å². The average molecular weight is 366 g/mol. The van der Waals surface area contributed by atoms with E-state index in [0.29, 0.717) is 11.4 Å². The fraction of sp³-hybridized carbons (Fsp3) is 0.200. The van der Waals surface area contributed by atoms with Crippen LogP contribution in [0.5, 0.6) is 0 Å². The molecule has 0 unspecified atom stereocenters. The summed E-state index contributed by atoms with van der Waals surface area (Å²) in [7, 11) is 0. The van der Waals surface area contributed by atoms with Crippen molar-refractivity contribution in [2.75, 3.05) is 10.2 Å². The third kappa shape index (κ3) is 4.20. The molecule has 1 heterocycles. The molecule has 3 rings (SSSR count). The lowest BCUT2D eigenvalue weighted by atomic mass is 10.2. The smallest absolute Gasteiger partial charge is 0.338 e. The first-order valence-corrected chi connectivity index (χ1v) is 8.48. The van der Waals surface area contributed by atoms with E-state index < -0.39 is 18.0 Å². The lowest BCUT2D eigenvalue weighted by Crippen LogP contribution is -2.30. The van der Waals surface area contributed by atoms with E-state index in [-0.39, 0.29) is 30.2 Å². The van der Waals surface area contributed by atoms with Crippen LogP contribution < -0.4 is 10.2 Å². The number of anilines is 2. The minimum Gasteiger partial charge on any atom is -0.449 e. The molecule has 0 radical (unpaired) electrons. The molecule has 0 aromatic heterocycles. The predicted octanol–water partition coefficient (Wildman–Crippen LogP) is 2.52. The summed E-state index contributed by atoms with van der Waals surface area (Å²) in [5.41, 5.74) is 1.24. The van der Waals surface area contributed by atoms with Crippen molar-refractivity contribution in [3.8, 4) is 0 Å². The number of ether oxygens (including phenoxy) is 1. The van der Waals surface area contributed by atoms with Gasteiger partial charge in [-0.3, -0.25) is 19.3 Å². The number of para-hydroxylation sites is 1. The van der Waals surface area contributed by atoms with Gasteiger partial charge in [-0.1, -0.05) is 18.2 Å². The van der Waals surface area contributed by atoms with Crippen molar-refractivity contribution in [2.24, 2.45) is 0 Å². The number of amides is 3. The Bertz CT molecular complexity index is 861. The van der Waals surface area contributed by atoms with Crippen LogP contribution in [-0.4, -0.2) is 29.8 Å². The maximum absolute atomic E-state index is 12.2. The van der Waals surface area contributed by atoms with E-state index in [2.05, 4.69) is 5.32 Å². The van der Waals surface area contributed by atoms with Crippen molar-refractivity contribution in [1.29, 1.82) is 0 Å². The number of nitrogens with zero attached hydrogens (tertiary/aromatic N) is 1. The second-order valence-electron chi connectivity index (χ2n) is 6.07. The van der Waals surface area contributed by atoms with Gasteiger partial charge in [0.25, 0.3) is 5.91 Å². The molecule has 1 aliphatic rings. The standard InChI is InChI=1S/C20H18N2O5/c1-13(19(25)21-15-5-3-2-4-6-15)27-20(26)14-7-9-16(10-8-14)22-17(23)11-12-18(22)24/h2-10,13H,11-12H2,1H3,(H,21,25)/t13-/m0/s1. The monoisotopic (exact) mass is 366 g/mol. The third-order valence-corrected chi connectivity index (χ3v) is 4.11. The van der Waals surface area contributed by atoms with E-state index >= 15 is 0 Å². The molecule has 7 nitrogen and oxygen atoms in total. The summed E-state index contributed by atoms with van der Waals surface area (Å²) in [5, 5.41) is 2.66. The Morgan fingerprint density at radius 2 is 1.56 bits per heavy atom. The summed E-state index contributed by atoms with van der Waals surface area (Å²) in [5.74, 6) is -1.64. The highest BCUT2D eigenvalue weighted by Crippen LogP contribution is 2.23. The van der Waals surface area contributed by atoms with Crippen LogP contribution in [0.3, 0.4) is 0 Å². The van der Waals surface area contributed by atoms with Crippen molar-refractivity contribution >= 4 is 35.1 Å². The van der Waals surface area contributed by atoms with Crippen molar-refractivity contribution in [2.45, 2.75) is 25.9 Å². The number of hydrogen-bond donors (Lipinski definition) is 1. The Morgan fingerprint density at radius 3 is 2.15 bits per heavy atom. The van der Waals surface area contributed by atoms with Crippen LogP contribution in [0.4, 0.5) is 11.4 Å². The fourth-order valence-corrected chi connectivity index (χ4v) is 2.66. The molecular formula is C20H18N2O5. The quantitative estimate of drug-likeness (QED) is 0.648. The van der Waals surface area contributed by atoms with Crippen LogP contribution in [0, 0.1) is 0 Å². The SMILES string of the molecule is C[C@H](OC(=O)c1ccc(N2C(=O)CCC2=O)cc1)C(=O)Nc1ccccc1. The zero-order valence-corrected chi connectivity index (χ0v) is 14.7. The molecule has 1 N–H and O–H groups in total. The van der Waals surface area contributed by atoms with Crippen LogP contribution in [0.2, 0.25) is 0 Å². The Kier molecular flexibility index (Phi) is 5.30. The number of rotatable bonds is 5. The van der Waals surface area contributed by atoms with Crippen molar-refractivity contribution in [3.05, 3.63) is 60.2 Å². The Labute approximate surface area is 155 Å². The highest BCUT2D eigenvalue weighted by molar-refractivity contribution is 6.19. The summed E-state index contributed by atoms with van der Waals surface area (Å²) < 4.78 is 5.18. The van der Waals surface area contributed by atoms with Crippen LogP contribution >= 0.6 is 0 Å². The maximum Gasteiger partial charge on any atom is 0.338 e. The first kappa shape index (κ1) is 18.3. The highest BCUT2D eigenvalue weighted by atomic mass is 16.5. The van der Waals surface area contributed by atoms with E-state index in [1.54, 1.807) is 24.3 Å². The van der Waals surface area contributed by atoms with Gasteiger partial charge in [0, 0.05) is 18.5 Å². The van der Waals surface area contributed by atoms with Crippen molar-refractivity contribution in [3.63, 3.8) is 0 Å². The summed E-state index contributed by atoms with van der Waals surface area (Å²) in [6, 6.07) is 14.8. The first-order chi connectivity index (χ1) is 13.0. The molecule has 3 amide bonds. The van der Waals surface area contributed by atoms with E-state index in [9.17, 15) is 19.2 Å². The van der Waals surface area contributed by atoms with Gasteiger partial charge in [0.15, 0.2) is 6.10 Å². The van der Waals surface area contributed by atoms with Crippen LogP contribution in [0.15, 0.2) is 54.6 Å². The Balaban J connectivity index is 1.61. The van der Waals surface area contributed by atoms with Crippen LogP contribution in [0.1, 0.15) is 30.1 Å². The number of hydrogen-bond acceptors (Lipinski definition) is 5. The largest absolute Gasteiger partial charge is 0.449 e. The molecular weight excluding hydrogens is 348 g/mol. The number of carbonyl (C=O) groups is 4. The predicted molar refractivity (Wildman–Crippen MR) is 98.1 cm³/mol. The van der Waals surface area contributed by atoms with Gasteiger partial charge in [-0.05, 0) is 43.3 Å². The highest BCUT2D eigenvalue weighted by Gasteiger charge is 2.30. The molecule has 0 aliphatic carbocycles. The van der Waals surface area contributed by atoms with Gasteiger partial charge >= 0.3 is 5.97 Å². The molecule has 2 aromatic rings. The van der Waals surface area contributed by atoms with Crippen LogP contribution in [-0.2, 0) is 19.1 Å². The summed E-state index contributed by atoms with van der Waals surface area (Å²) >= 11 is 0. The topological polar surface area (TPSA) is 92.8 Å². The van der Waals surface area contributed by atoms with E-state index in [1.165, 1.54) is 31.2 Å². The molecule has 1 aliphatic heterocycles. The summed E-state index contributed by atoms with van der Waals surface area (Å²) in [6.07, 6.45) is -0.605. The number of benzene rings is 2. The van der Waals surface area contributed by atoms with Gasteiger partial charge in [0.1, 0.15) is 0 Å². The van der Waals surface area contributed by atoms with E-state index in [1.807, 2.05) is 6.07 Å². The molecule has 138 valence electrons. The zero-order valence-electron chi connectivity index (χ0n) is 14.7. The average Bonchev–Trinajstić information content (AvgIpc) is 3.01. The van der Waals surface area contributed by atoms with E-state index in [4.69, 9.17) is 4.74 Å². The Morgan fingerprint density at radius 1 is 0.963 bits per heavy atom. The molecule has 0 saturated carbocycles. The fourth-order valence-electron chi connectivity index (χ4n) is 2.66. The lowest BCUT2D eigenvalue weighted by Gasteiger charge is -2.15. The van der Waals surface area contributed by atoms with Gasteiger partial charge < -0.3 is 10.1 Å². The molecule has 0 spiro atoms. The number of esters is 1. The Hall–Kier alpha value is -3.48. The number of nitrogens with one attached hydrogen (secondary N) is 1. The molecule has 7 heteroatoms.